The Hall–Kier alpha value is -3.09. The maximum absolute atomic E-state index is 13.2. The number of hydrogen-bond donors (Lipinski definition) is 0. The molecular formula is C21H23N3O4. The van der Waals surface area contributed by atoms with E-state index in [0.29, 0.717) is 44.8 Å². The molecule has 1 aromatic carbocycles. The number of carbonyl (C=O) groups is 3. The average molecular weight is 381 g/mol. The number of fused-ring (bicyclic) bond motifs is 1. The second kappa shape index (κ2) is 7.50. The van der Waals surface area contributed by atoms with E-state index in [1.54, 1.807) is 26.8 Å². The van der Waals surface area contributed by atoms with Crippen molar-refractivity contribution in [3.8, 4) is 0 Å². The molecule has 0 unspecified atom stereocenters. The monoisotopic (exact) mass is 381 g/mol. The lowest BCUT2D eigenvalue weighted by Crippen LogP contribution is -2.56. The van der Waals surface area contributed by atoms with Gasteiger partial charge in [0.1, 0.15) is 6.04 Å². The third-order valence-electron chi connectivity index (χ3n) is 5.44. The molecule has 2 aromatic rings. The SMILES string of the molecule is CCC(=O)N1c2ccccc2C[C@H]1C(=O)N1CCN(C(=O)c2ccco2)CC1. The fourth-order valence-electron chi connectivity index (χ4n) is 3.96. The average Bonchev–Trinajstić information content (AvgIpc) is 3.40. The van der Waals surface area contributed by atoms with E-state index in [0.717, 1.165) is 11.3 Å². The van der Waals surface area contributed by atoms with E-state index in [9.17, 15) is 14.4 Å². The van der Waals surface area contributed by atoms with Crippen molar-refractivity contribution in [2.45, 2.75) is 25.8 Å². The Labute approximate surface area is 163 Å². The maximum atomic E-state index is 13.2. The van der Waals surface area contributed by atoms with Crippen LogP contribution >= 0.6 is 0 Å². The number of piperazine rings is 1. The summed E-state index contributed by atoms with van der Waals surface area (Å²) in [4.78, 5) is 43.3. The van der Waals surface area contributed by atoms with E-state index >= 15 is 0 Å². The third kappa shape index (κ3) is 3.17. The summed E-state index contributed by atoms with van der Waals surface area (Å²) in [5.41, 5.74) is 1.86. The van der Waals surface area contributed by atoms with Crippen LogP contribution in [0.2, 0.25) is 0 Å². The van der Waals surface area contributed by atoms with Gasteiger partial charge < -0.3 is 14.2 Å². The number of amides is 3. The number of para-hydroxylation sites is 1. The van der Waals surface area contributed by atoms with Crippen LogP contribution in [0.15, 0.2) is 47.1 Å². The summed E-state index contributed by atoms with van der Waals surface area (Å²) in [6.07, 6.45) is 2.36. The van der Waals surface area contributed by atoms with Crippen molar-refractivity contribution in [2.75, 3.05) is 31.1 Å². The standard InChI is InChI=1S/C21H23N3O4/c1-2-19(25)24-16-7-4-3-6-15(16)14-17(24)20(26)22-9-11-23(12-10-22)21(27)18-8-5-13-28-18/h3-8,13,17H,2,9-12,14H2,1H3/t17-/m0/s1. The molecule has 0 bridgehead atoms. The van der Waals surface area contributed by atoms with Crippen molar-refractivity contribution in [3.63, 3.8) is 0 Å². The molecular weight excluding hydrogens is 358 g/mol. The van der Waals surface area contributed by atoms with E-state index in [4.69, 9.17) is 4.42 Å². The molecule has 3 heterocycles. The molecule has 28 heavy (non-hydrogen) atoms. The summed E-state index contributed by atoms with van der Waals surface area (Å²) in [7, 11) is 0. The van der Waals surface area contributed by atoms with Crippen molar-refractivity contribution < 1.29 is 18.8 Å². The second-order valence-electron chi connectivity index (χ2n) is 7.06. The number of furan rings is 1. The fourth-order valence-corrected chi connectivity index (χ4v) is 3.96. The molecule has 146 valence electrons. The highest BCUT2D eigenvalue weighted by Gasteiger charge is 2.40. The van der Waals surface area contributed by atoms with Crippen LogP contribution in [0.3, 0.4) is 0 Å². The van der Waals surface area contributed by atoms with Gasteiger partial charge in [0.2, 0.25) is 11.8 Å². The Morgan fingerprint density at radius 1 is 1.00 bits per heavy atom. The molecule has 2 aliphatic heterocycles. The van der Waals surface area contributed by atoms with Gasteiger partial charge in [0.05, 0.1) is 6.26 Å². The molecule has 7 nitrogen and oxygen atoms in total. The van der Waals surface area contributed by atoms with E-state index in [1.165, 1.54) is 6.26 Å². The van der Waals surface area contributed by atoms with Crippen LogP contribution in [0, 0.1) is 0 Å². The highest BCUT2D eigenvalue weighted by Crippen LogP contribution is 2.33. The molecule has 0 spiro atoms. The molecule has 0 aliphatic carbocycles. The third-order valence-corrected chi connectivity index (χ3v) is 5.44. The van der Waals surface area contributed by atoms with Crippen molar-refractivity contribution >= 4 is 23.4 Å². The van der Waals surface area contributed by atoms with Crippen molar-refractivity contribution in [1.29, 1.82) is 0 Å². The Kier molecular flexibility index (Phi) is 4.90. The van der Waals surface area contributed by atoms with Crippen molar-refractivity contribution in [2.24, 2.45) is 0 Å². The van der Waals surface area contributed by atoms with Gasteiger partial charge in [-0.05, 0) is 23.8 Å². The lowest BCUT2D eigenvalue weighted by Gasteiger charge is -2.37. The second-order valence-corrected chi connectivity index (χ2v) is 7.06. The summed E-state index contributed by atoms with van der Waals surface area (Å²) in [5, 5.41) is 0. The van der Waals surface area contributed by atoms with Gasteiger partial charge in [-0.1, -0.05) is 25.1 Å². The molecule has 4 rings (SSSR count). The van der Waals surface area contributed by atoms with Gasteiger partial charge in [-0.15, -0.1) is 0 Å². The number of carbonyl (C=O) groups excluding carboxylic acids is 3. The maximum Gasteiger partial charge on any atom is 0.289 e. The van der Waals surface area contributed by atoms with Crippen LogP contribution in [0.4, 0.5) is 5.69 Å². The number of nitrogens with zero attached hydrogens (tertiary/aromatic N) is 3. The molecule has 1 aromatic heterocycles. The first-order chi connectivity index (χ1) is 13.6. The van der Waals surface area contributed by atoms with Gasteiger partial charge >= 0.3 is 0 Å². The van der Waals surface area contributed by atoms with Gasteiger partial charge in [-0.2, -0.15) is 0 Å². The molecule has 0 radical (unpaired) electrons. The van der Waals surface area contributed by atoms with Crippen LogP contribution < -0.4 is 4.90 Å². The molecule has 1 saturated heterocycles. The predicted molar refractivity (Wildman–Crippen MR) is 103 cm³/mol. The molecule has 0 N–H and O–H groups in total. The quantitative estimate of drug-likeness (QED) is 0.814. The number of benzene rings is 1. The van der Waals surface area contributed by atoms with E-state index in [2.05, 4.69) is 0 Å². The van der Waals surface area contributed by atoms with E-state index in [-0.39, 0.29) is 17.7 Å². The number of rotatable bonds is 3. The largest absolute Gasteiger partial charge is 0.459 e. The molecule has 1 atom stereocenters. The van der Waals surface area contributed by atoms with Gasteiger partial charge in [0, 0.05) is 44.7 Å². The first-order valence-electron chi connectivity index (χ1n) is 9.61. The Morgan fingerprint density at radius 2 is 1.71 bits per heavy atom. The lowest BCUT2D eigenvalue weighted by atomic mass is 10.1. The van der Waals surface area contributed by atoms with Crippen LogP contribution in [0.5, 0.6) is 0 Å². The Balaban J connectivity index is 1.45. The summed E-state index contributed by atoms with van der Waals surface area (Å²) in [5.74, 6) is 0.0527. The Bertz CT molecular complexity index is 885. The minimum atomic E-state index is -0.503. The normalized spacial score (nSPS) is 18.9. The van der Waals surface area contributed by atoms with Crippen LogP contribution in [0.25, 0.3) is 0 Å². The van der Waals surface area contributed by atoms with Gasteiger partial charge in [-0.25, -0.2) is 0 Å². The zero-order chi connectivity index (χ0) is 19.7. The first kappa shape index (κ1) is 18.3. The van der Waals surface area contributed by atoms with Crippen molar-refractivity contribution in [1.82, 2.24) is 9.80 Å². The van der Waals surface area contributed by atoms with Crippen LogP contribution in [0.1, 0.15) is 29.5 Å². The molecule has 3 amide bonds. The predicted octanol–water partition coefficient (Wildman–Crippen LogP) is 1.93. The number of anilines is 1. The zero-order valence-electron chi connectivity index (χ0n) is 15.8. The minimum Gasteiger partial charge on any atom is -0.459 e. The first-order valence-corrected chi connectivity index (χ1v) is 9.61. The summed E-state index contributed by atoms with van der Waals surface area (Å²) in [6.45, 7) is 3.61. The minimum absolute atomic E-state index is 0.0464. The Morgan fingerprint density at radius 3 is 2.39 bits per heavy atom. The summed E-state index contributed by atoms with van der Waals surface area (Å²) >= 11 is 0. The topological polar surface area (TPSA) is 74.1 Å². The van der Waals surface area contributed by atoms with Crippen LogP contribution in [-0.2, 0) is 16.0 Å². The molecule has 7 heteroatoms. The molecule has 0 saturated carbocycles. The summed E-state index contributed by atoms with van der Waals surface area (Å²) < 4.78 is 5.18. The molecule has 1 fully saturated rings. The summed E-state index contributed by atoms with van der Waals surface area (Å²) in [6, 6.07) is 10.5. The smallest absolute Gasteiger partial charge is 0.289 e. The van der Waals surface area contributed by atoms with E-state index in [1.807, 2.05) is 31.2 Å². The van der Waals surface area contributed by atoms with Gasteiger partial charge in [0.15, 0.2) is 5.76 Å². The van der Waals surface area contributed by atoms with Crippen LogP contribution in [-0.4, -0.2) is 59.7 Å². The van der Waals surface area contributed by atoms with Gasteiger partial charge in [0.25, 0.3) is 5.91 Å². The number of hydrogen-bond acceptors (Lipinski definition) is 4. The van der Waals surface area contributed by atoms with E-state index < -0.39 is 6.04 Å². The van der Waals surface area contributed by atoms with Crippen molar-refractivity contribution in [3.05, 3.63) is 54.0 Å². The highest BCUT2D eigenvalue weighted by molar-refractivity contribution is 6.03. The lowest BCUT2D eigenvalue weighted by molar-refractivity contribution is -0.135. The van der Waals surface area contributed by atoms with Gasteiger partial charge in [-0.3, -0.25) is 19.3 Å². The highest BCUT2D eigenvalue weighted by atomic mass is 16.3. The fraction of sp³-hybridized carbons (Fsp3) is 0.381. The zero-order valence-corrected chi connectivity index (χ0v) is 15.8. The molecule has 2 aliphatic rings.